The van der Waals surface area contributed by atoms with Crippen LogP contribution in [0, 0.1) is 12.7 Å². The molecule has 1 heterocycles. The van der Waals surface area contributed by atoms with Crippen molar-refractivity contribution in [2.24, 2.45) is 0 Å². The molecule has 0 bridgehead atoms. The normalized spacial score (nSPS) is 18.4. The summed E-state index contributed by atoms with van der Waals surface area (Å²) in [6, 6.07) is 5.30. The molecule has 0 saturated carbocycles. The summed E-state index contributed by atoms with van der Waals surface area (Å²) in [5.74, 6) is -0.248. The monoisotopic (exact) mass is 323 g/mol. The quantitative estimate of drug-likeness (QED) is 0.841. The van der Waals surface area contributed by atoms with Crippen molar-refractivity contribution in [3.05, 3.63) is 51.5 Å². The molecule has 2 aromatic rings. The van der Waals surface area contributed by atoms with Gasteiger partial charge in [0.05, 0.1) is 10.6 Å². The van der Waals surface area contributed by atoms with E-state index >= 15 is 0 Å². The first kappa shape index (κ1) is 12.9. The van der Waals surface area contributed by atoms with Gasteiger partial charge in [-0.2, -0.15) is 0 Å². The van der Waals surface area contributed by atoms with Crippen LogP contribution in [0.4, 0.5) is 4.39 Å². The van der Waals surface area contributed by atoms with E-state index in [1.807, 2.05) is 19.2 Å². The van der Waals surface area contributed by atoms with Crippen molar-refractivity contribution in [3.63, 3.8) is 0 Å². The van der Waals surface area contributed by atoms with Gasteiger partial charge < -0.3 is 9.67 Å². The van der Waals surface area contributed by atoms with E-state index in [0.29, 0.717) is 4.47 Å². The lowest BCUT2D eigenvalue weighted by atomic mass is 9.95. The molecule has 1 aliphatic carbocycles. The second kappa shape index (κ2) is 4.76. The second-order valence-electron chi connectivity index (χ2n) is 5.05. The Kier molecular flexibility index (Phi) is 3.23. The highest BCUT2D eigenvalue weighted by atomic mass is 79.9. The van der Waals surface area contributed by atoms with Crippen LogP contribution in [-0.4, -0.2) is 9.67 Å². The molecule has 1 aromatic heterocycles. The number of hydrogen-bond donors (Lipinski definition) is 1. The molecule has 1 atom stereocenters. The standard InChI is InChI=1S/C15H15BrFNO/c1-9-7-12(17)11(16)8-14(9)18-6-5-10-13(18)3-2-4-15(10)19/h5-8,15,19H,2-4H2,1H3. The number of rotatable bonds is 1. The number of hydrogen-bond acceptors (Lipinski definition) is 1. The van der Waals surface area contributed by atoms with Gasteiger partial charge in [0.2, 0.25) is 0 Å². The first-order chi connectivity index (χ1) is 9.08. The van der Waals surface area contributed by atoms with Crippen LogP contribution in [0.25, 0.3) is 5.69 Å². The summed E-state index contributed by atoms with van der Waals surface area (Å²) in [6.45, 7) is 1.90. The van der Waals surface area contributed by atoms with Crippen LogP contribution in [0.1, 0.15) is 35.8 Å². The summed E-state index contributed by atoms with van der Waals surface area (Å²) in [5, 5.41) is 10.0. The van der Waals surface area contributed by atoms with Crippen LogP contribution in [0.5, 0.6) is 0 Å². The fourth-order valence-corrected chi connectivity index (χ4v) is 3.12. The van der Waals surface area contributed by atoms with Crippen molar-refractivity contribution >= 4 is 15.9 Å². The molecule has 0 aliphatic heterocycles. The first-order valence-corrected chi connectivity index (χ1v) is 7.21. The predicted molar refractivity (Wildman–Crippen MR) is 76.1 cm³/mol. The van der Waals surface area contributed by atoms with Gasteiger partial charge in [-0.3, -0.25) is 0 Å². The number of aliphatic hydroxyl groups excluding tert-OH is 1. The Morgan fingerprint density at radius 1 is 1.42 bits per heavy atom. The van der Waals surface area contributed by atoms with Gasteiger partial charge in [-0.25, -0.2) is 4.39 Å². The fraction of sp³-hybridized carbons (Fsp3) is 0.333. The lowest BCUT2D eigenvalue weighted by molar-refractivity contribution is 0.156. The molecule has 1 N–H and O–H groups in total. The molecule has 0 amide bonds. The van der Waals surface area contributed by atoms with Gasteiger partial charge in [-0.1, -0.05) is 0 Å². The van der Waals surface area contributed by atoms with Crippen LogP contribution in [0.15, 0.2) is 28.9 Å². The van der Waals surface area contributed by atoms with E-state index in [1.165, 1.54) is 6.07 Å². The number of aliphatic hydroxyl groups is 1. The molecule has 4 heteroatoms. The van der Waals surface area contributed by atoms with Crippen molar-refractivity contribution < 1.29 is 9.50 Å². The van der Waals surface area contributed by atoms with E-state index in [9.17, 15) is 9.50 Å². The Bertz CT molecular complexity index is 635. The summed E-state index contributed by atoms with van der Waals surface area (Å²) in [4.78, 5) is 0. The van der Waals surface area contributed by atoms with Crippen molar-refractivity contribution in [3.8, 4) is 5.69 Å². The molecule has 0 spiro atoms. The Hall–Kier alpha value is -1.13. The topological polar surface area (TPSA) is 25.2 Å². The molecular weight excluding hydrogens is 309 g/mol. The molecule has 0 fully saturated rings. The van der Waals surface area contributed by atoms with Crippen molar-refractivity contribution in [1.29, 1.82) is 0 Å². The maximum absolute atomic E-state index is 13.5. The van der Waals surface area contributed by atoms with Crippen molar-refractivity contribution in [1.82, 2.24) is 4.57 Å². The van der Waals surface area contributed by atoms with Gasteiger partial charge in [0.1, 0.15) is 5.82 Å². The highest BCUT2D eigenvalue weighted by molar-refractivity contribution is 9.10. The molecule has 1 aliphatic rings. The van der Waals surface area contributed by atoms with E-state index in [0.717, 1.165) is 41.8 Å². The summed E-state index contributed by atoms with van der Waals surface area (Å²) in [5.41, 5.74) is 3.99. The van der Waals surface area contributed by atoms with Crippen LogP contribution < -0.4 is 0 Å². The maximum atomic E-state index is 13.5. The van der Waals surface area contributed by atoms with Gasteiger partial charge in [0.15, 0.2) is 0 Å². The minimum atomic E-state index is -0.366. The summed E-state index contributed by atoms with van der Waals surface area (Å²) in [7, 11) is 0. The van der Waals surface area contributed by atoms with Gasteiger partial charge in [0.25, 0.3) is 0 Å². The Labute approximate surface area is 120 Å². The predicted octanol–water partition coefficient (Wildman–Crippen LogP) is 4.06. The van der Waals surface area contributed by atoms with E-state index in [1.54, 1.807) is 6.07 Å². The van der Waals surface area contributed by atoms with Crippen LogP contribution in [0.2, 0.25) is 0 Å². The van der Waals surface area contributed by atoms with Crippen LogP contribution >= 0.6 is 15.9 Å². The molecule has 1 aromatic carbocycles. The maximum Gasteiger partial charge on any atom is 0.137 e. The number of aryl methyl sites for hydroxylation is 1. The lowest BCUT2D eigenvalue weighted by Gasteiger charge is -2.21. The van der Waals surface area contributed by atoms with Gasteiger partial charge >= 0.3 is 0 Å². The number of fused-ring (bicyclic) bond motifs is 1. The third-order valence-electron chi connectivity index (χ3n) is 3.78. The Morgan fingerprint density at radius 3 is 3.00 bits per heavy atom. The van der Waals surface area contributed by atoms with Gasteiger partial charge in [0, 0.05) is 23.1 Å². The molecule has 0 saturated heterocycles. The third kappa shape index (κ3) is 2.13. The SMILES string of the molecule is Cc1cc(F)c(Br)cc1-n1ccc2c1CCCC2O. The number of aromatic nitrogens is 1. The van der Waals surface area contributed by atoms with Crippen molar-refractivity contribution in [2.45, 2.75) is 32.3 Å². The minimum absolute atomic E-state index is 0.248. The highest BCUT2D eigenvalue weighted by Crippen LogP contribution is 2.33. The van der Waals surface area contributed by atoms with Crippen LogP contribution in [0.3, 0.4) is 0 Å². The van der Waals surface area contributed by atoms with Gasteiger partial charge in [-0.15, -0.1) is 0 Å². The summed E-state index contributed by atoms with van der Waals surface area (Å²) in [6.07, 6.45) is 4.36. The summed E-state index contributed by atoms with van der Waals surface area (Å²) >= 11 is 3.24. The minimum Gasteiger partial charge on any atom is -0.388 e. The zero-order chi connectivity index (χ0) is 13.6. The van der Waals surface area contributed by atoms with E-state index in [4.69, 9.17) is 0 Å². The molecule has 2 nitrogen and oxygen atoms in total. The second-order valence-corrected chi connectivity index (χ2v) is 5.90. The lowest BCUT2D eigenvalue weighted by Crippen LogP contribution is -2.11. The number of halogens is 2. The third-order valence-corrected chi connectivity index (χ3v) is 4.38. The highest BCUT2D eigenvalue weighted by Gasteiger charge is 2.22. The zero-order valence-corrected chi connectivity index (χ0v) is 12.2. The average molecular weight is 324 g/mol. The Balaban J connectivity index is 2.16. The fourth-order valence-electron chi connectivity index (χ4n) is 2.79. The van der Waals surface area contributed by atoms with E-state index < -0.39 is 0 Å². The smallest absolute Gasteiger partial charge is 0.137 e. The van der Waals surface area contributed by atoms with Gasteiger partial charge in [-0.05, 0) is 65.9 Å². The molecule has 100 valence electrons. The number of nitrogens with zero attached hydrogens (tertiary/aromatic N) is 1. The number of benzene rings is 1. The Morgan fingerprint density at radius 2 is 2.21 bits per heavy atom. The molecular formula is C15H15BrFNO. The van der Waals surface area contributed by atoms with Crippen LogP contribution in [-0.2, 0) is 6.42 Å². The molecule has 19 heavy (non-hydrogen) atoms. The van der Waals surface area contributed by atoms with Crippen molar-refractivity contribution in [2.75, 3.05) is 0 Å². The van der Waals surface area contributed by atoms with E-state index in [-0.39, 0.29) is 11.9 Å². The van der Waals surface area contributed by atoms with E-state index in [2.05, 4.69) is 20.5 Å². The molecule has 0 radical (unpaired) electrons. The summed E-state index contributed by atoms with van der Waals surface area (Å²) < 4.78 is 16.0. The largest absolute Gasteiger partial charge is 0.388 e. The average Bonchev–Trinajstić information content (AvgIpc) is 2.79. The molecule has 1 unspecified atom stereocenters. The zero-order valence-electron chi connectivity index (χ0n) is 10.7. The molecule has 3 rings (SSSR count). The first-order valence-electron chi connectivity index (χ1n) is 6.42.